The second-order valence-corrected chi connectivity index (χ2v) is 6.59. The fourth-order valence-corrected chi connectivity index (χ4v) is 2.90. The summed E-state index contributed by atoms with van der Waals surface area (Å²) in [4.78, 5) is 10.7. The van der Waals surface area contributed by atoms with Gasteiger partial charge in [0.05, 0.1) is 22.0 Å². The van der Waals surface area contributed by atoms with E-state index in [0.717, 1.165) is 8.45 Å². The van der Waals surface area contributed by atoms with E-state index < -0.39 is 12.1 Å². The van der Waals surface area contributed by atoms with E-state index in [4.69, 9.17) is 9.84 Å². The summed E-state index contributed by atoms with van der Waals surface area (Å²) >= 11 is 3.82. The Morgan fingerprint density at radius 2 is 2.47 bits per heavy atom. The highest BCUT2D eigenvalue weighted by Crippen LogP contribution is 2.24. The fraction of sp³-hybridized carbons (Fsp3) is 0.400. The topological polar surface area (TPSA) is 90.1 Å². The van der Waals surface area contributed by atoms with Crippen LogP contribution in [0.2, 0.25) is 0 Å². The number of aromatic nitrogens is 4. The number of hydrogen-bond acceptors (Lipinski definition) is 6. The molecule has 0 fully saturated rings. The molecule has 9 heteroatoms. The first kappa shape index (κ1) is 14.3. The van der Waals surface area contributed by atoms with Crippen molar-refractivity contribution in [2.45, 2.75) is 19.1 Å². The lowest BCUT2D eigenvalue weighted by molar-refractivity contribution is -0.139. The average Bonchev–Trinajstić information content (AvgIpc) is 2.96. The molecule has 102 valence electrons. The number of thiophene rings is 1. The van der Waals surface area contributed by atoms with E-state index in [9.17, 15) is 4.79 Å². The number of carboxylic acid groups (broad SMARTS) is 1. The van der Waals surface area contributed by atoms with Gasteiger partial charge in [-0.15, -0.1) is 16.4 Å². The molecule has 1 unspecified atom stereocenters. The van der Waals surface area contributed by atoms with Gasteiger partial charge in [-0.1, -0.05) is 0 Å². The molecule has 0 aliphatic heterocycles. The minimum Gasteiger partial charge on any atom is -0.481 e. The second kappa shape index (κ2) is 6.39. The van der Waals surface area contributed by atoms with E-state index in [1.807, 2.05) is 11.4 Å². The van der Waals surface area contributed by atoms with E-state index in [1.54, 1.807) is 16.0 Å². The number of aliphatic carboxylic acids is 1. The van der Waals surface area contributed by atoms with Crippen molar-refractivity contribution >= 4 is 39.9 Å². The Morgan fingerprint density at radius 1 is 1.68 bits per heavy atom. The van der Waals surface area contributed by atoms with Gasteiger partial charge in [0.25, 0.3) is 0 Å². The third kappa shape index (κ3) is 3.70. The maximum atomic E-state index is 10.7. The highest BCUT2D eigenvalue weighted by Gasteiger charge is 2.17. The lowest BCUT2D eigenvalue weighted by Crippen LogP contribution is -2.23. The van der Waals surface area contributed by atoms with Crippen LogP contribution in [-0.4, -0.2) is 44.5 Å². The molecule has 2 aromatic rings. The summed E-state index contributed by atoms with van der Waals surface area (Å²) in [5.74, 6) is -0.293. The van der Waals surface area contributed by atoms with E-state index in [0.29, 0.717) is 12.4 Å². The van der Waals surface area contributed by atoms with Crippen LogP contribution in [0.4, 0.5) is 0 Å². The maximum absolute atomic E-state index is 10.7. The first-order chi connectivity index (χ1) is 9.10. The van der Waals surface area contributed by atoms with Crippen LogP contribution in [0.1, 0.15) is 6.42 Å². The van der Waals surface area contributed by atoms with Crippen LogP contribution in [0.3, 0.4) is 0 Å². The molecule has 0 aliphatic carbocycles. The van der Waals surface area contributed by atoms with Crippen molar-refractivity contribution in [1.29, 1.82) is 0 Å². The lowest BCUT2D eigenvalue weighted by atomic mass is 10.2. The number of rotatable bonds is 6. The van der Waals surface area contributed by atoms with E-state index in [-0.39, 0.29) is 6.42 Å². The Bertz CT molecular complexity index is 571. The van der Waals surface area contributed by atoms with Crippen molar-refractivity contribution < 1.29 is 14.6 Å². The molecule has 2 rings (SSSR count). The SMILES string of the molecule is COC(CC(=O)O)Cn1nnnc1-c1csc(I)c1. The summed E-state index contributed by atoms with van der Waals surface area (Å²) in [5, 5.41) is 22.2. The molecule has 1 atom stereocenters. The van der Waals surface area contributed by atoms with Gasteiger partial charge in [0.15, 0.2) is 5.82 Å². The fourth-order valence-electron chi connectivity index (χ4n) is 1.57. The molecule has 7 nitrogen and oxygen atoms in total. The van der Waals surface area contributed by atoms with Gasteiger partial charge in [0.1, 0.15) is 0 Å². The predicted octanol–water partition coefficient (Wildman–Crippen LogP) is 1.50. The van der Waals surface area contributed by atoms with Gasteiger partial charge in [0.2, 0.25) is 0 Å². The Hall–Kier alpha value is -1.07. The zero-order chi connectivity index (χ0) is 13.8. The van der Waals surface area contributed by atoms with Crippen molar-refractivity contribution in [3.05, 3.63) is 14.3 Å². The summed E-state index contributed by atoms with van der Waals surface area (Å²) in [6.45, 7) is 0.303. The highest BCUT2D eigenvalue weighted by atomic mass is 127. The summed E-state index contributed by atoms with van der Waals surface area (Å²) in [5.41, 5.74) is 0.921. The number of carboxylic acids is 1. The molecule has 0 radical (unpaired) electrons. The van der Waals surface area contributed by atoms with Gasteiger partial charge in [0, 0.05) is 18.1 Å². The second-order valence-electron chi connectivity index (χ2n) is 3.78. The molecule has 0 bridgehead atoms. The van der Waals surface area contributed by atoms with Crippen LogP contribution in [0.15, 0.2) is 11.4 Å². The lowest BCUT2D eigenvalue weighted by Gasteiger charge is -2.13. The first-order valence-electron chi connectivity index (χ1n) is 5.35. The van der Waals surface area contributed by atoms with Gasteiger partial charge in [-0.3, -0.25) is 4.79 Å². The normalized spacial score (nSPS) is 12.5. The van der Waals surface area contributed by atoms with Crippen LogP contribution in [-0.2, 0) is 16.1 Å². The smallest absolute Gasteiger partial charge is 0.306 e. The number of tetrazole rings is 1. The Balaban J connectivity index is 2.17. The first-order valence-corrected chi connectivity index (χ1v) is 7.31. The van der Waals surface area contributed by atoms with Gasteiger partial charge in [-0.25, -0.2) is 4.68 Å². The highest BCUT2D eigenvalue weighted by molar-refractivity contribution is 14.1. The molecule has 1 N–H and O–H groups in total. The minimum atomic E-state index is -0.911. The number of halogens is 1. The zero-order valence-corrected chi connectivity index (χ0v) is 13.0. The van der Waals surface area contributed by atoms with Crippen LogP contribution in [0, 0.1) is 2.88 Å². The third-order valence-corrected chi connectivity index (χ3v) is 4.26. The third-order valence-electron chi connectivity index (χ3n) is 2.47. The predicted molar refractivity (Wildman–Crippen MR) is 76.9 cm³/mol. The van der Waals surface area contributed by atoms with E-state index in [1.165, 1.54) is 7.11 Å². The number of ether oxygens (including phenoxy) is 1. The van der Waals surface area contributed by atoms with E-state index in [2.05, 4.69) is 38.1 Å². The van der Waals surface area contributed by atoms with Crippen LogP contribution < -0.4 is 0 Å². The molecule has 0 aromatic carbocycles. The van der Waals surface area contributed by atoms with Gasteiger partial charge in [-0.2, -0.15) is 0 Å². The van der Waals surface area contributed by atoms with Gasteiger partial charge < -0.3 is 9.84 Å². The minimum absolute atomic E-state index is 0.0863. The molecule has 19 heavy (non-hydrogen) atoms. The summed E-state index contributed by atoms with van der Waals surface area (Å²) < 4.78 is 7.83. The molecule has 0 saturated heterocycles. The zero-order valence-electron chi connectivity index (χ0n) is 9.99. The number of nitrogens with zero attached hydrogens (tertiary/aromatic N) is 4. The van der Waals surface area contributed by atoms with Crippen LogP contribution >= 0.6 is 33.9 Å². The van der Waals surface area contributed by atoms with Crippen LogP contribution in [0.25, 0.3) is 11.4 Å². The molecule has 0 amide bonds. The standard InChI is InChI=1S/C10H11IN4O3S/c1-18-7(3-9(16)17)4-15-10(12-13-14-15)6-2-8(11)19-5-6/h2,5,7H,3-4H2,1H3,(H,16,17). The number of hydrogen-bond donors (Lipinski definition) is 1. The van der Waals surface area contributed by atoms with E-state index >= 15 is 0 Å². The Labute approximate surface area is 126 Å². The maximum Gasteiger partial charge on any atom is 0.306 e. The van der Waals surface area contributed by atoms with Crippen molar-refractivity contribution in [2.75, 3.05) is 7.11 Å². The summed E-state index contributed by atoms with van der Waals surface area (Å²) in [6.07, 6.45) is -0.547. The van der Waals surface area contributed by atoms with Crippen LogP contribution in [0.5, 0.6) is 0 Å². The molecule has 0 spiro atoms. The van der Waals surface area contributed by atoms with Crippen molar-refractivity contribution in [1.82, 2.24) is 20.2 Å². The molecular weight excluding hydrogens is 383 g/mol. The molecule has 0 aliphatic rings. The van der Waals surface area contributed by atoms with Crippen molar-refractivity contribution in [2.24, 2.45) is 0 Å². The Kier molecular flexibility index (Phi) is 4.82. The van der Waals surface area contributed by atoms with Crippen molar-refractivity contribution in [3.8, 4) is 11.4 Å². The van der Waals surface area contributed by atoms with Crippen molar-refractivity contribution in [3.63, 3.8) is 0 Å². The van der Waals surface area contributed by atoms with Gasteiger partial charge >= 0.3 is 5.97 Å². The quantitative estimate of drug-likeness (QED) is 0.747. The molecule has 0 saturated carbocycles. The number of carbonyl (C=O) groups is 1. The average molecular weight is 394 g/mol. The number of methoxy groups -OCH3 is 1. The molecular formula is C10H11IN4O3S. The summed E-state index contributed by atoms with van der Waals surface area (Å²) in [7, 11) is 1.48. The molecule has 2 heterocycles. The Morgan fingerprint density at radius 3 is 3.05 bits per heavy atom. The monoisotopic (exact) mass is 394 g/mol. The summed E-state index contributed by atoms with van der Waals surface area (Å²) in [6, 6.07) is 1.98. The molecule has 2 aromatic heterocycles. The van der Waals surface area contributed by atoms with Gasteiger partial charge in [-0.05, 0) is 39.1 Å². The largest absolute Gasteiger partial charge is 0.481 e.